The van der Waals surface area contributed by atoms with Gasteiger partial charge < -0.3 is 14.0 Å². The number of hydrogen-bond donors (Lipinski definition) is 1. The molecule has 0 spiro atoms. The van der Waals surface area contributed by atoms with Gasteiger partial charge in [-0.3, -0.25) is 19.7 Å². The number of nitrogens with one attached hydrogen (secondary N) is 1. The molecule has 29 heavy (non-hydrogen) atoms. The largest absolute Gasteiger partial charge is 0.457 e. The summed E-state index contributed by atoms with van der Waals surface area (Å²) in [5.41, 5.74) is 1.66. The predicted octanol–water partition coefficient (Wildman–Crippen LogP) is 2.76. The maximum Gasteiger partial charge on any atom is 0.318 e. The van der Waals surface area contributed by atoms with Crippen LogP contribution in [0.25, 0.3) is 0 Å². The molecular weight excluding hydrogens is 372 g/mol. The van der Waals surface area contributed by atoms with Gasteiger partial charge in [-0.05, 0) is 24.3 Å². The number of nitrogens with zero attached hydrogens (tertiary/aromatic N) is 1. The Kier molecular flexibility index (Phi) is 4.87. The number of imide groups is 1. The summed E-state index contributed by atoms with van der Waals surface area (Å²) >= 11 is 0. The molecule has 1 aromatic heterocycles. The zero-order valence-electron chi connectivity index (χ0n) is 15.6. The minimum atomic E-state index is -0.715. The molecule has 146 valence electrons. The fraction of sp³-hybridized carbons (Fsp3) is 0.136. The quantitative estimate of drug-likeness (QED) is 0.693. The lowest BCUT2D eigenvalue weighted by atomic mass is 9.88. The standard InChI is InChI=1S/C22H18N2O5/c1-24-12-6-9-16(24)21(26)23-19(25)13-28-22(27)20-14-7-2-4-10-17(14)29-18-11-5-3-8-15(18)20/h2-12,20H,13H2,1H3,(H,23,25,26). The first-order valence-corrected chi connectivity index (χ1v) is 9.02. The SMILES string of the molecule is Cn1cccc1C(=O)NC(=O)COC(=O)C1c2ccccc2Oc2ccccc21. The number of carbonyl (C=O) groups is 3. The topological polar surface area (TPSA) is 86.6 Å². The molecule has 7 heteroatoms. The van der Waals surface area contributed by atoms with Crippen LogP contribution in [0.1, 0.15) is 27.5 Å². The highest BCUT2D eigenvalue weighted by molar-refractivity contribution is 6.04. The molecule has 1 aliphatic heterocycles. The number of aryl methyl sites for hydroxylation is 1. The van der Waals surface area contributed by atoms with Crippen LogP contribution in [0.15, 0.2) is 66.9 Å². The van der Waals surface area contributed by atoms with Gasteiger partial charge in [-0.2, -0.15) is 0 Å². The minimum absolute atomic E-state index is 0.331. The van der Waals surface area contributed by atoms with Crippen molar-refractivity contribution in [2.75, 3.05) is 6.61 Å². The summed E-state index contributed by atoms with van der Waals surface area (Å²) in [6, 6.07) is 17.7. The van der Waals surface area contributed by atoms with Crippen LogP contribution < -0.4 is 10.1 Å². The van der Waals surface area contributed by atoms with E-state index in [1.165, 1.54) is 0 Å². The van der Waals surface area contributed by atoms with Crippen molar-refractivity contribution >= 4 is 17.8 Å². The molecule has 0 saturated carbocycles. The fourth-order valence-electron chi connectivity index (χ4n) is 3.31. The Morgan fingerprint density at radius 1 is 0.966 bits per heavy atom. The summed E-state index contributed by atoms with van der Waals surface area (Å²) in [5, 5.41) is 2.22. The Balaban J connectivity index is 1.47. The van der Waals surface area contributed by atoms with E-state index in [2.05, 4.69) is 5.32 Å². The van der Waals surface area contributed by atoms with E-state index in [4.69, 9.17) is 9.47 Å². The van der Waals surface area contributed by atoms with Gasteiger partial charge in [0.15, 0.2) is 6.61 Å². The van der Waals surface area contributed by atoms with Gasteiger partial charge in [0, 0.05) is 24.4 Å². The first kappa shape index (κ1) is 18.5. The average Bonchev–Trinajstić information content (AvgIpc) is 3.16. The van der Waals surface area contributed by atoms with E-state index >= 15 is 0 Å². The van der Waals surface area contributed by atoms with E-state index in [0.717, 1.165) is 0 Å². The Bertz CT molecular complexity index is 1060. The lowest BCUT2D eigenvalue weighted by Gasteiger charge is -2.26. The van der Waals surface area contributed by atoms with Gasteiger partial charge in [0.25, 0.3) is 11.8 Å². The molecule has 0 bridgehead atoms. The number of esters is 1. The fourth-order valence-corrected chi connectivity index (χ4v) is 3.31. The lowest BCUT2D eigenvalue weighted by Crippen LogP contribution is -2.35. The second-order valence-corrected chi connectivity index (χ2v) is 6.60. The molecule has 2 amide bonds. The third-order valence-corrected chi connectivity index (χ3v) is 4.69. The van der Waals surface area contributed by atoms with Crippen LogP contribution in [0.2, 0.25) is 0 Å². The summed E-state index contributed by atoms with van der Waals surface area (Å²) in [5.74, 6) is -1.42. The zero-order chi connectivity index (χ0) is 20.4. The smallest absolute Gasteiger partial charge is 0.318 e. The summed E-state index contributed by atoms with van der Waals surface area (Å²) in [6.07, 6.45) is 1.69. The van der Waals surface area contributed by atoms with Crippen molar-refractivity contribution in [1.82, 2.24) is 9.88 Å². The second-order valence-electron chi connectivity index (χ2n) is 6.60. The summed E-state index contributed by atoms with van der Waals surface area (Å²) in [4.78, 5) is 37.0. The summed E-state index contributed by atoms with van der Waals surface area (Å²) < 4.78 is 12.7. The molecule has 3 aromatic rings. The average molecular weight is 390 g/mol. The predicted molar refractivity (Wildman–Crippen MR) is 104 cm³/mol. The minimum Gasteiger partial charge on any atom is -0.457 e. The van der Waals surface area contributed by atoms with Gasteiger partial charge in [0.05, 0.1) is 0 Å². The third kappa shape index (κ3) is 3.62. The molecule has 0 fully saturated rings. The summed E-state index contributed by atoms with van der Waals surface area (Å²) in [7, 11) is 1.69. The normalized spacial score (nSPS) is 12.3. The van der Waals surface area contributed by atoms with Crippen LogP contribution in [-0.2, 0) is 21.4 Å². The van der Waals surface area contributed by atoms with Crippen LogP contribution in [0.3, 0.4) is 0 Å². The van der Waals surface area contributed by atoms with Crippen LogP contribution in [0, 0.1) is 0 Å². The van der Waals surface area contributed by atoms with Crippen molar-refractivity contribution in [3.8, 4) is 11.5 Å². The first-order valence-electron chi connectivity index (χ1n) is 9.02. The van der Waals surface area contributed by atoms with Crippen LogP contribution in [0.5, 0.6) is 11.5 Å². The van der Waals surface area contributed by atoms with Gasteiger partial charge in [-0.25, -0.2) is 0 Å². The molecule has 0 aliphatic carbocycles. The molecule has 1 N–H and O–H groups in total. The molecule has 7 nitrogen and oxygen atoms in total. The van der Waals surface area contributed by atoms with Crippen molar-refractivity contribution in [1.29, 1.82) is 0 Å². The summed E-state index contributed by atoms with van der Waals surface area (Å²) in [6.45, 7) is -0.559. The number of fused-ring (bicyclic) bond motifs is 2. The number of para-hydroxylation sites is 2. The molecule has 2 heterocycles. The van der Waals surface area contributed by atoms with Gasteiger partial charge in [-0.15, -0.1) is 0 Å². The number of hydrogen-bond acceptors (Lipinski definition) is 5. The van der Waals surface area contributed by atoms with Crippen molar-refractivity contribution < 1.29 is 23.9 Å². The molecular formula is C22H18N2O5. The molecule has 0 radical (unpaired) electrons. The zero-order valence-corrected chi connectivity index (χ0v) is 15.6. The number of carbonyl (C=O) groups excluding carboxylic acids is 3. The number of amides is 2. The molecule has 0 unspecified atom stereocenters. The Morgan fingerprint density at radius 3 is 2.17 bits per heavy atom. The molecule has 0 saturated heterocycles. The van der Waals surface area contributed by atoms with E-state index in [1.54, 1.807) is 54.2 Å². The van der Waals surface area contributed by atoms with E-state index in [-0.39, 0.29) is 0 Å². The molecule has 2 aromatic carbocycles. The molecule has 1 aliphatic rings. The van der Waals surface area contributed by atoms with E-state index in [9.17, 15) is 14.4 Å². The maximum absolute atomic E-state index is 12.8. The monoisotopic (exact) mass is 390 g/mol. The lowest BCUT2D eigenvalue weighted by molar-refractivity contribution is -0.149. The maximum atomic E-state index is 12.8. The highest BCUT2D eigenvalue weighted by Crippen LogP contribution is 2.44. The first-order chi connectivity index (χ1) is 14.0. The van der Waals surface area contributed by atoms with Crippen molar-refractivity contribution in [3.63, 3.8) is 0 Å². The Labute approximate surface area is 166 Å². The molecule has 4 rings (SSSR count). The van der Waals surface area contributed by atoms with Gasteiger partial charge in [0.2, 0.25) is 0 Å². The van der Waals surface area contributed by atoms with E-state index in [0.29, 0.717) is 28.3 Å². The number of benzene rings is 2. The van der Waals surface area contributed by atoms with Crippen molar-refractivity contribution in [2.45, 2.75) is 5.92 Å². The number of aromatic nitrogens is 1. The van der Waals surface area contributed by atoms with Crippen molar-refractivity contribution in [2.24, 2.45) is 7.05 Å². The Morgan fingerprint density at radius 2 is 1.59 bits per heavy atom. The van der Waals surface area contributed by atoms with E-state index in [1.807, 2.05) is 24.3 Å². The van der Waals surface area contributed by atoms with Crippen LogP contribution in [0.4, 0.5) is 0 Å². The van der Waals surface area contributed by atoms with Gasteiger partial charge >= 0.3 is 5.97 Å². The van der Waals surface area contributed by atoms with E-state index < -0.39 is 30.3 Å². The highest BCUT2D eigenvalue weighted by atomic mass is 16.5. The third-order valence-electron chi connectivity index (χ3n) is 4.69. The Hall–Kier alpha value is -3.87. The number of rotatable bonds is 4. The van der Waals surface area contributed by atoms with Crippen LogP contribution in [-0.4, -0.2) is 29.0 Å². The van der Waals surface area contributed by atoms with Gasteiger partial charge in [0.1, 0.15) is 23.1 Å². The molecule has 0 atom stereocenters. The number of ether oxygens (including phenoxy) is 2. The second kappa shape index (κ2) is 7.63. The van der Waals surface area contributed by atoms with Crippen LogP contribution >= 0.6 is 0 Å². The highest BCUT2D eigenvalue weighted by Gasteiger charge is 2.34. The van der Waals surface area contributed by atoms with Gasteiger partial charge in [-0.1, -0.05) is 36.4 Å². The van der Waals surface area contributed by atoms with Crippen molar-refractivity contribution in [3.05, 3.63) is 83.7 Å².